The molecule has 1 N–H and O–H groups in total. The summed E-state index contributed by atoms with van der Waals surface area (Å²) >= 11 is 3.09. The predicted molar refractivity (Wildman–Crippen MR) is 79.1 cm³/mol. The van der Waals surface area contributed by atoms with Gasteiger partial charge in [0.25, 0.3) is 0 Å². The van der Waals surface area contributed by atoms with Gasteiger partial charge in [-0.05, 0) is 53.2 Å². The maximum atomic E-state index is 13.9. The second-order valence-corrected chi connectivity index (χ2v) is 5.21. The number of benzene rings is 2. The van der Waals surface area contributed by atoms with Crippen molar-refractivity contribution in [2.24, 2.45) is 0 Å². The summed E-state index contributed by atoms with van der Waals surface area (Å²) in [4.78, 5) is 0. The Labute approximate surface area is 124 Å². The third kappa shape index (κ3) is 3.10. The van der Waals surface area contributed by atoms with Crippen molar-refractivity contribution in [3.63, 3.8) is 0 Å². The van der Waals surface area contributed by atoms with E-state index in [4.69, 9.17) is 4.74 Å². The first-order chi connectivity index (χ1) is 9.52. The van der Waals surface area contributed by atoms with Crippen molar-refractivity contribution < 1.29 is 13.5 Å². The molecular weight excluding hydrogens is 328 g/mol. The zero-order valence-corrected chi connectivity index (χ0v) is 12.7. The van der Waals surface area contributed by atoms with Gasteiger partial charge in [-0.3, -0.25) is 0 Å². The molecule has 0 amide bonds. The molecule has 1 unspecified atom stereocenters. The second kappa shape index (κ2) is 6.22. The largest absolute Gasteiger partial charge is 0.496 e. The zero-order chi connectivity index (χ0) is 14.7. The van der Waals surface area contributed by atoms with Crippen molar-refractivity contribution in [3.8, 4) is 5.75 Å². The van der Waals surface area contributed by atoms with Gasteiger partial charge in [0.2, 0.25) is 0 Å². The lowest BCUT2D eigenvalue weighted by Gasteiger charge is -2.19. The minimum absolute atomic E-state index is 0.355. The molecule has 0 aromatic heterocycles. The fourth-order valence-electron chi connectivity index (χ4n) is 2.02. The van der Waals surface area contributed by atoms with E-state index in [1.807, 2.05) is 0 Å². The number of nitrogens with one attached hydrogen (secondary N) is 1. The van der Waals surface area contributed by atoms with E-state index in [-0.39, 0.29) is 17.7 Å². The lowest BCUT2D eigenvalue weighted by molar-refractivity contribution is 0.402. The molecule has 5 heteroatoms. The number of ether oxygens (including phenoxy) is 1. The maximum absolute atomic E-state index is 13.9. The number of hydrogen-bond acceptors (Lipinski definition) is 2. The number of hydrogen-bond donors (Lipinski definition) is 1. The van der Waals surface area contributed by atoms with E-state index < -0.39 is 0 Å². The maximum Gasteiger partial charge on any atom is 0.139 e. The smallest absolute Gasteiger partial charge is 0.139 e. The number of methoxy groups -OCH3 is 1. The Hall–Kier alpha value is -1.62. The molecule has 2 rings (SSSR count). The molecule has 0 bridgehead atoms. The number of anilines is 1. The van der Waals surface area contributed by atoms with Crippen LogP contribution in [0.25, 0.3) is 0 Å². The van der Waals surface area contributed by atoms with Gasteiger partial charge in [0.05, 0.1) is 23.2 Å². The van der Waals surface area contributed by atoms with Crippen molar-refractivity contribution in [2.45, 2.75) is 13.0 Å². The van der Waals surface area contributed by atoms with Crippen LogP contribution in [0.4, 0.5) is 14.5 Å². The van der Waals surface area contributed by atoms with Gasteiger partial charge in [-0.1, -0.05) is 6.07 Å². The summed E-state index contributed by atoms with van der Waals surface area (Å²) in [5.74, 6) is -0.271. The Morgan fingerprint density at radius 3 is 2.55 bits per heavy atom. The molecule has 0 spiro atoms. The van der Waals surface area contributed by atoms with Crippen LogP contribution in [-0.2, 0) is 0 Å². The van der Waals surface area contributed by atoms with E-state index in [1.165, 1.54) is 19.2 Å². The summed E-state index contributed by atoms with van der Waals surface area (Å²) in [5, 5.41) is 3.06. The first-order valence-electron chi connectivity index (χ1n) is 6.07. The lowest BCUT2D eigenvalue weighted by atomic mass is 10.1. The molecule has 0 radical (unpaired) electrons. The molecule has 20 heavy (non-hydrogen) atoms. The highest BCUT2D eigenvalue weighted by Gasteiger charge is 2.16. The molecule has 0 aliphatic carbocycles. The Morgan fingerprint density at radius 2 is 1.90 bits per heavy atom. The molecule has 1 atom stereocenters. The van der Waals surface area contributed by atoms with E-state index >= 15 is 0 Å². The monoisotopic (exact) mass is 341 g/mol. The van der Waals surface area contributed by atoms with Crippen LogP contribution in [0, 0.1) is 11.6 Å². The fraction of sp³-hybridized carbons (Fsp3) is 0.200. The lowest BCUT2D eigenvalue weighted by Crippen LogP contribution is -2.10. The summed E-state index contributed by atoms with van der Waals surface area (Å²) in [6, 6.07) is 8.97. The van der Waals surface area contributed by atoms with Gasteiger partial charge in [0.1, 0.15) is 17.4 Å². The zero-order valence-electron chi connectivity index (χ0n) is 11.1. The number of halogens is 3. The van der Waals surface area contributed by atoms with Gasteiger partial charge in [0.15, 0.2) is 0 Å². The standard InChI is InChI=1S/C15H14BrF2NO/c1-9(15-12(17)4-3-5-14(15)20-2)19-10-6-7-11(16)13(18)8-10/h3-9,19H,1-2H3. The molecule has 0 saturated carbocycles. The van der Waals surface area contributed by atoms with Gasteiger partial charge in [-0.2, -0.15) is 0 Å². The van der Waals surface area contributed by atoms with Crippen LogP contribution in [0.5, 0.6) is 5.75 Å². The third-order valence-corrected chi connectivity index (χ3v) is 3.61. The van der Waals surface area contributed by atoms with E-state index in [2.05, 4.69) is 21.2 Å². The fourth-order valence-corrected chi connectivity index (χ4v) is 2.27. The average Bonchev–Trinajstić information content (AvgIpc) is 2.42. The Morgan fingerprint density at radius 1 is 1.15 bits per heavy atom. The van der Waals surface area contributed by atoms with Crippen molar-refractivity contribution in [2.75, 3.05) is 12.4 Å². The first-order valence-corrected chi connectivity index (χ1v) is 6.86. The second-order valence-electron chi connectivity index (χ2n) is 4.35. The molecule has 0 aliphatic rings. The van der Waals surface area contributed by atoms with Crippen LogP contribution < -0.4 is 10.1 Å². The summed E-state index contributed by atoms with van der Waals surface area (Å²) in [6.45, 7) is 1.79. The molecule has 2 nitrogen and oxygen atoms in total. The van der Waals surface area contributed by atoms with Gasteiger partial charge in [-0.25, -0.2) is 8.78 Å². The average molecular weight is 342 g/mol. The highest BCUT2D eigenvalue weighted by molar-refractivity contribution is 9.10. The Bertz CT molecular complexity index is 619. The summed E-state index contributed by atoms with van der Waals surface area (Å²) in [7, 11) is 1.49. The number of rotatable bonds is 4. The van der Waals surface area contributed by atoms with E-state index in [0.717, 1.165) is 0 Å². The van der Waals surface area contributed by atoms with E-state index in [1.54, 1.807) is 31.2 Å². The normalized spacial score (nSPS) is 12.1. The van der Waals surface area contributed by atoms with Gasteiger partial charge < -0.3 is 10.1 Å². The quantitative estimate of drug-likeness (QED) is 0.853. The molecule has 0 saturated heterocycles. The van der Waals surface area contributed by atoms with Crippen LogP contribution in [0.3, 0.4) is 0 Å². The molecule has 106 valence electrons. The van der Waals surface area contributed by atoms with Crippen molar-refractivity contribution in [3.05, 3.63) is 58.1 Å². The van der Waals surface area contributed by atoms with Crippen LogP contribution in [0.1, 0.15) is 18.5 Å². The summed E-state index contributed by atoms with van der Waals surface area (Å²) in [5.41, 5.74) is 0.988. The molecule has 2 aromatic carbocycles. The molecular formula is C15H14BrF2NO. The van der Waals surface area contributed by atoms with E-state index in [0.29, 0.717) is 21.5 Å². The predicted octanol–water partition coefficient (Wildman–Crippen LogP) is 4.91. The highest BCUT2D eigenvalue weighted by Crippen LogP contribution is 2.30. The molecule has 0 heterocycles. The van der Waals surface area contributed by atoms with Crippen molar-refractivity contribution in [1.29, 1.82) is 0 Å². The summed E-state index contributed by atoms with van der Waals surface area (Å²) in [6.07, 6.45) is 0. The summed E-state index contributed by atoms with van der Waals surface area (Å²) < 4.78 is 33.0. The molecule has 2 aromatic rings. The Kier molecular flexibility index (Phi) is 4.60. The van der Waals surface area contributed by atoms with Crippen LogP contribution in [0.2, 0.25) is 0 Å². The Balaban J connectivity index is 2.28. The van der Waals surface area contributed by atoms with Gasteiger partial charge >= 0.3 is 0 Å². The minimum Gasteiger partial charge on any atom is -0.496 e. The van der Waals surface area contributed by atoms with E-state index in [9.17, 15) is 8.78 Å². The highest BCUT2D eigenvalue weighted by atomic mass is 79.9. The topological polar surface area (TPSA) is 21.3 Å². The van der Waals surface area contributed by atoms with Crippen LogP contribution in [-0.4, -0.2) is 7.11 Å². The van der Waals surface area contributed by atoms with Crippen molar-refractivity contribution >= 4 is 21.6 Å². The van der Waals surface area contributed by atoms with Crippen LogP contribution >= 0.6 is 15.9 Å². The molecule has 0 fully saturated rings. The minimum atomic E-state index is -0.373. The van der Waals surface area contributed by atoms with Gasteiger partial charge in [0, 0.05) is 5.69 Å². The SMILES string of the molecule is COc1cccc(F)c1C(C)Nc1ccc(Br)c(F)c1. The first kappa shape index (κ1) is 14.8. The van der Waals surface area contributed by atoms with Gasteiger partial charge in [-0.15, -0.1) is 0 Å². The van der Waals surface area contributed by atoms with Crippen LogP contribution in [0.15, 0.2) is 40.9 Å². The third-order valence-electron chi connectivity index (χ3n) is 2.97. The molecule has 0 aliphatic heterocycles. The van der Waals surface area contributed by atoms with Crippen molar-refractivity contribution in [1.82, 2.24) is 0 Å².